The Morgan fingerprint density at radius 1 is 1.41 bits per heavy atom. The molecular weight excluding hydrogens is 227 g/mol. The van der Waals surface area contributed by atoms with Gasteiger partial charge in [-0.2, -0.15) is 0 Å². The van der Waals surface area contributed by atoms with Crippen LogP contribution >= 0.6 is 0 Å². The van der Waals surface area contributed by atoms with Crippen LogP contribution in [-0.4, -0.2) is 16.2 Å². The van der Waals surface area contributed by atoms with E-state index < -0.39 is 5.91 Å². The zero-order valence-electron chi connectivity index (χ0n) is 8.68. The summed E-state index contributed by atoms with van der Waals surface area (Å²) in [6.45, 7) is 0.0395. The Morgan fingerprint density at radius 2 is 2.18 bits per heavy atom. The number of nitrogens with zero attached hydrogens (tertiary/aromatic N) is 2. The van der Waals surface area contributed by atoms with Crippen molar-refractivity contribution >= 4 is 11.7 Å². The first-order chi connectivity index (χ1) is 8.18. The SMILES string of the molecule is Nc1nonc1C(=O)NCc1ccccc1F. The molecule has 1 aromatic carbocycles. The Kier molecular flexibility index (Phi) is 2.99. The second kappa shape index (κ2) is 4.60. The predicted molar refractivity (Wildman–Crippen MR) is 56.3 cm³/mol. The fraction of sp³-hybridized carbons (Fsp3) is 0.100. The number of hydrogen-bond acceptors (Lipinski definition) is 5. The lowest BCUT2D eigenvalue weighted by atomic mass is 10.2. The number of carbonyl (C=O) groups excluding carboxylic acids is 1. The first kappa shape index (κ1) is 11.1. The van der Waals surface area contributed by atoms with Crippen LogP contribution in [0.3, 0.4) is 0 Å². The Hall–Kier alpha value is -2.44. The summed E-state index contributed by atoms with van der Waals surface area (Å²) in [5.41, 5.74) is 5.60. The van der Waals surface area contributed by atoms with E-state index in [1.165, 1.54) is 6.07 Å². The van der Waals surface area contributed by atoms with E-state index in [-0.39, 0.29) is 23.9 Å². The summed E-state index contributed by atoms with van der Waals surface area (Å²) in [6.07, 6.45) is 0. The quantitative estimate of drug-likeness (QED) is 0.818. The smallest absolute Gasteiger partial charge is 0.277 e. The van der Waals surface area contributed by atoms with Crippen LogP contribution in [-0.2, 0) is 6.54 Å². The van der Waals surface area contributed by atoms with E-state index in [4.69, 9.17) is 5.73 Å². The average Bonchev–Trinajstić information content (AvgIpc) is 2.74. The van der Waals surface area contributed by atoms with E-state index in [0.29, 0.717) is 5.56 Å². The largest absolute Gasteiger partial charge is 0.379 e. The van der Waals surface area contributed by atoms with E-state index in [0.717, 1.165) is 0 Å². The number of amides is 1. The fourth-order valence-electron chi connectivity index (χ4n) is 1.25. The molecule has 1 heterocycles. The second-order valence-electron chi connectivity index (χ2n) is 3.27. The van der Waals surface area contributed by atoms with Crippen molar-refractivity contribution in [2.45, 2.75) is 6.54 Å². The molecule has 0 atom stereocenters. The molecule has 6 nitrogen and oxygen atoms in total. The van der Waals surface area contributed by atoms with Crippen LogP contribution in [0.25, 0.3) is 0 Å². The Morgan fingerprint density at radius 3 is 2.82 bits per heavy atom. The van der Waals surface area contributed by atoms with Crippen LogP contribution in [0.5, 0.6) is 0 Å². The third-order valence-corrected chi connectivity index (χ3v) is 2.13. The average molecular weight is 236 g/mol. The third kappa shape index (κ3) is 2.39. The summed E-state index contributed by atoms with van der Waals surface area (Å²) in [6, 6.07) is 6.13. The highest BCUT2D eigenvalue weighted by Crippen LogP contribution is 2.07. The molecule has 2 aromatic rings. The van der Waals surface area contributed by atoms with Gasteiger partial charge in [-0.25, -0.2) is 9.02 Å². The van der Waals surface area contributed by atoms with E-state index in [1.807, 2.05) is 0 Å². The van der Waals surface area contributed by atoms with Gasteiger partial charge in [-0.3, -0.25) is 4.79 Å². The van der Waals surface area contributed by atoms with Crippen LogP contribution in [0.1, 0.15) is 16.1 Å². The number of nitrogens with two attached hydrogens (primary N) is 1. The van der Waals surface area contributed by atoms with E-state index in [9.17, 15) is 9.18 Å². The topological polar surface area (TPSA) is 94.0 Å². The van der Waals surface area contributed by atoms with Crippen molar-refractivity contribution in [3.05, 3.63) is 41.3 Å². The minimum Gasteiger partial charge on any atom is -0.379 e. The standard InChI is InChI=1S/C10H9FN4O2/c11-7-4-2-1-3-6(7)5-13-10(16)8-9(12)15-17-14-8/h1-4H,5H2,(H2,12,15)(H,13,16). The molecule has 17 heavy (non-hydrogen) atoms. The Labute approximate surface area is 95.6 Å². The molecule has 0 aliphatic heterocycles. The van der Waals surface area contributed by atoms with Crippen LogP contribution in [0.4, 0.5) is 10.2 Å². The molecule has 1 aromatic heterocycles. The van der Waals surface area contributed by atoms with Gasteiger partial charge in [0.05, 0.1) is 0 Å². The minimum atomic E-state index is -0.563. The molecule has 0 spiro atoms. The van der Waals surface area contributed by atoms with Crippen LogP contribution in [0.2, 0.25) is 0 Å². The first-order valence-corrected chi connectivity index (χ1v) is 4.78. The third-order valence-electron chi connectivity index (χ3n) is 2.13. The lowest BCUT2D eigenvalue weighted by Gasteiger charge is -2.04. The number of halogens is 1. The summed E-state index contributed by atoms with van der Waals surface area (Å²) in [5.74, 6) is -1.05. The van der Waals surface area contributed by atoms with Crippen molar-refractivity contribution in [2.75, 3.05) is 5.73 Å². The summed E-state index contributed by atoms with van der Waals surface area (Å²) in [5, 5.41) is 9.06. The van der Waals surface area contributed by atoms with Gasteiger partial charge in [-0.15, -0.1) is 0 Å². The predicted octanol–water partition coefficient (Wildman–Crippen LogP) is 0.721. The number of nitrogens with one attached hydrogen (secondary N) is 1. The normalized spacial score (nSPS) is 10.2. The minimum absolute atomic E-state index is 0.0395. The lowest BCUT2D eigenvalue weighted by molar-refractivity contribution is 0.0941. The highest BCUT2D eigenvalue weighted by atomic mass is 19.1. The molecule has 3 N–H and O–H groups in total. The maximum absolute atomic E-state index is 13.2. The van der Waals surface area contributed by atoms with Gasteiger partial charge in [0.15, 0.2) is 0 Å². The monoisotopic (exact) mass is 236 g/mol. The number of aromatic nitrogens is 2. The molecule has 0 saturated carbocycles. The summed E-state index contributed by atoms with van der Waals surface area (Å²) in [7, 11) is 0. The number of hydrogen-bond donors (Lipinski definition) is 2. The maximum Gasteiger partial charge on any atom is 0.277 e. The number of nitrogen functional groups attached to an aromatic ring is 1. The highest BCUT2D eigenvalue weighted by molar-refractivity contribution is 5.95. The molecule has 0 aliphatic carbocycles. The van der Waals surface area contributed by atoms with Gasteiger partial charge < -0.3 is 11.1 Å². The van der Waals surface area contributed by atoms with Crippen molar-refractivity contribution in [2.24, 2.45) is 0 Å². The van der Waals surface area contributed by atoms with Gasteiger partial charge in [-0.05, 0) is 16.4 Å². The number of benzene rings is 1. The highest BCUT2D eigenvalue weighted by Gasteiger charge is 2.15. The van der Waals surface area contributed by atoms with E-state index in [1.54, 1.807) is 18.2 Å². The zero-order valence-corrected chi connectivity index (χ0v) is 8.68. The summed E-state index contributed by atoms with van der Waals surface area (Å²) >= 11 is 0. The fourth-order valence-corrected chi connectivity index (χ4v) is 1.25. The molecule has 0 aliphatic rings. The Balaban J connectivity index is 2.02. The van der Waals surface area contributed by atoms with Crippen molar-refractivity contribution < 1.29 is 13.8 Å². The van der Waals surface area contributed by atoms with E-state index in [2.05, 4.69) is 20.3 Å². The van der Waals surface area contributed by atoms with Gasteiger partial charge in [0.2, 0.25) is 11.5 Å². The van der Waals surface area contributed by atoms with Crippen molar-refractivity contribution in [1.29, 1.82) is 0 Å². The molecule has 2 rings (SSSR count). The maximum atomic E-state index is 13.2. The number of rotatable bonds is 3. The summed E-state index contributed by atoms with van der Waals surface area (Å²) < 4.78 is 17.5. The Bertz CT molecular complexity index is 541. The van der Waals surface area contributed by atoms with Crippen molar-refractivity contribution in [1.82, 2.24) is 15.6 Å². The summed E-state index contributed by atoms with van der Waals surface area (Å²) in [4.78, 5) is 11.5. The zero-order chi connectivity index (χ0) is 12.3. The van der Waals surface area contributed by atoms with Crippen molar-refractivity contribution in [3.8, 4) is 0 Å². The number of anilines is 1. The van der Waals surface area contributed by atoms with Gasteiger partial charge in [0.25, 0.3) is 5.91 Å². The van der Waals surface area contributed by atoms with E-state index >= 15 is 0 Å². The molecule has 88 valence electrons. The van der Waals surface area contributed by atoms with Gasteiger partial charge in [-0.1, -0.05) is 18.2 Å². The molecule has 0 bridgehead atoms. The molecule has 0 radical (unpaired) electrons. The molecule has 7 heteroatoms. The van der Waals surface area contributed by atoms with Gasteiger partial charge >= 0.3 is 0 Å². The molecule has 1 amide bonds. The lowest BCUT2D eigenvalue weighted by Crippen LogP contribution is -2.24. The van der Waals surface area contributed by atoms with Gasteiger partial charge in [0, 0.05) is 12.1 Å². The second-order valence-corrected chi connectivity index (χ2v) is 3.27. The first-order valence-electron chi connectivity index (χ1n) is 4.78. The molecule has 0 fully saturated rings. The van der Waals surface area contributed by atoms with Crippen molar-refractivity contribution in [3.63, 3.8) is 0 Å². The van der Waals surface area contributed by atoms with Crippen LogP contribution in [0.15, 0.2) is 28.9 Å². The molecule has 0 unspecified atom stereocenters. The van der Waals surface area contributed by atoms with Crippen LogP contribution < -0.4 is 11.1 Å². The van der Waals surface area contributed by atoms with Crippen LogP contribution in [0, 0.1) is 5.82 Å². The van der Waals surface area contributed by atoms with Gasteiger partial charge in [0.1, 0.15) is 5.82 Å². The molecular formula is C10H9FN4O2. The number of carbonyl (C=O) groups is 1. The molecule has 0 saturated heterocycles.